The first kappa shape index (κ1) is 11.0. The van der Waals surface area contributed by atoms with Crippen molar-refractivity contribution in [2.75, 3.05) is 6.54 Å². The summed E-state index contributed by atoms with van der Waals surface area (Å²) in [5.41, 5.74) is 2.77. The molecule has 1 nitrogen and oxygen atoms in total. The van der Waals surface area contributed by atoms with E-state index in [1.807, 2.05) is 6.07 Å². The molecule has 0 radical (unpaired) electrons. The van der Waals surface area contributed by atoms with Crippen LogP contribution in [-0.2, 0) is 6.42 Å². The molecule has 1 aliphatic heterocycles. The van der Waals surface area contributed by atoms with Gasteiger partial charge in [-0.3, -0.25) is 0 Å². The van der Waals surface area contributed by atoms with Gasteiger partial charge in [0, 0.05) is 11.1 Å². The largest absolute Gasteiger partial charge is 0.310 e. The van der Waals surface area contributed by atoms with Gasteiger partial charge in [0.05, 0.1) is 0 Å². The van der Waals surface area contributed by atoms with Gasteiger partial charge in [-0.05, 0) is 43.0 Å². The van der Waals surface area contributed by atoms with Crippen molar-refractivity contribution in [1.29, 1.82) is 0 Å². The van der Waals surface area contributed by atoms with E-state index in [4.69, 9.17) is 11.6 Å². The minimum absolute atomic E-state index is 0.533. The molecule has 2 rings (SSSR count). The fraction of sp³-hybridized carbons (Fsp3) is 0.538. The Labute approximate surface area is 96.8 Å². The molecule has 0 unspecified atom stereocenters. The number of rotatable bonds is 3. The van der Waals surface area contributed by atoms with E-state index in [0.717, 1.165) is 24.4 Å². The van der Waals surface area contributed by atoms with Gasteiger partial charge in [0.25, 0.3) is 0 Å². The van der Waals surface area contributed by atoms with Gasteiger partial charge in [0.2, 0.25) is 0 Å². The molecular weight excluding hydrogens is 206 g/mol. The van der Waals surface area contributed by atoms with E-state index in [9.17, 15) is 0 Å². The molecule has 82 valence electrons. The van der Waals surface area contributed by atoms with E-state index >= 15 is 0 Å². The topological polar surface area (TPSA) is 12.0 Å². The molecule has 1 N–H and O–H groups in total. The van der Waals surface area contributed by atoms with Crippen LogP contribution < -0.4 is 5.32 Å². The Morgan fingerprint density at radius 3 is 3.00 bits per heavy atom. The number of nitrogens with one attached hydrogen (secondary N) is 1. The fourth-order valence-electron chi connectivity index (χ4n) is 2.37. The molecule has 0 aliphatic carbocycles. The summed E-state index contributed by atoms with van der Waals surface area (Å²) in [6, 6.07) is 6.83. The number of hydrogen-bond donors (Lipinski definition) is 1. The fourth-order valence-corrected chi connectivity index (χ4v) is 2.64. The van der Waals surface area contributed by atoms with E-state index in [1.54, 1.807) is 0 Å². The maximum atomic E-state index is 6.26. The third-order valence-corrected chi connectivity index (χ3v) is 3.44. The molecule has 0 spiro atoms. The Kier molecular flexibility index (Phi) is 3.66. The van der Waals surface area contributed by atoms with Gasteiger partial charge in [-0.15, -0.1) is 0 Å². The quantitative estimate of drug-likeness (QED) is 0.824. The monoisotopic (exact) mass is 223 g/mol. The van der Waals surface area contributed by atoms with Crippen molar-refractivity contribution in [3.63, 3.8) is 0 Å². The SMILES string of the molecule is CCCc1c(Cl)cccc1[C@H]1CCCN1. The van der Waals surface area contributed by atoms with Crippen molar-refractivity contribution in [3.05, 3.63) is 34.3 Å². The van der Waals surface area contributed by atoms with Crippen LogP contribution in [0.5, 0.6) is 0 Å². The second kappa shape index (κ2) is 5.00. The predicted octanol–water partition coefficient (Wildman–Crippen LogP) is 3.72. The van der Waals surface area contributed by atoms with Gasteiger partial charge in [-0.25, -0.2) is 0 Å². The number of halogens is 1. The zero-order valence-corrected chi connectivity index (χ0v) is 9.98. The van der Waals surface area contributed by atoms with Gasteiger partial charge in [-0.1, -0.05) is 37.1 Å². The highest BCUT2D eigenvalue weighted by Crippen LogP contribution is 2.30. The molecule has 15 heavy (non-hydrogen) atoms. The van der Waals surface area contributed by atoms with E-state index in [-0.39, 0.29) is 0 Å². The standard InChI is InChI=1S/C13H18ClN/c1-2-5-10-11(6-3-7-12(10)14)13-8-4-9-15-13/h3,6-7,13,15H,2,4-5,8-9H2,1H3/t13-/m1/s1. The molecule has 1 fully saturated rings. The van der Waals surface area contributed by atoms with Crippen LogP contribution in [0.2, 0.25) is 5.02 Å². The molecule has 0 amide bonds. The Morgan fingerprint density at radius 2 is 2.33 bits per heavy atom. The highest BCUT2D eigenvalue weighted by atomic mass is 35.5. The van der Waals surface area contributed by atoms with E-state index < -0.39 is 0 Å². The van der Waals surface area contributed by atoms with Gasteiger partial charge in [0.15, 0.2) is 0 Å². The lowest BCUT2D eigenvalue weighted by Gasteiger charge is -2.16. The molecule has 1 saturated heterocycles. The molecule has 0 bridgehead atoms. The summed E-state index contributed by atoms with van der Waals surface area (Å²) in [5.74, 6) is 0. The predicted molar refractivity (Wildman–Crippen MR) is 65.4 cm³/mol. The number of benzene rings is 1. The summed E-state index contributed by atoms with van der Waals surface area (Å²) in [6.07, 6.45) is 4.77. The molecule has 1 heterocycles. The van der Waals surface area contributed by atoms with E-state index in [2.05, 4.69) is 24.4 Å². The highest BCUT2D eigenvalue weighted by Gasteiger charge is 2.19. The second-order valence-corrected chi connectivity index (χ2v) is 4.61. The summed E-state index contributed by atoms with van der Waals surface area (Å²) >= 11 is 6.26. The van der Waals surface area contributed by atoms with Crippen molar-refractivity contribution in [1.82, 2.24) is 5.32 Å². The van der Waals surface area contributed by atoms with Crippen molar-refractivity contribution in [3.8, 4) is 0 Å². The molecule has 1 aliphatic rings. The summed E-state index contributed by atoms with van der Waals surface area (Å²) in [5, 5.41) is 4.47. The Hall–Kier alpha value is -0.530. The Bertz CT molecular complexity index is 329. The van der Waals surface area contributed by atoms with Crippen molar-refractivity contribution in [2.24, 2.45) is 0 Å². The maximum absolute atomic E-state index is 6.26. The van der Waals surface area contributed by atoms with Crippen LogP contribution in [0.4, 0.5) is 0 Å². The zero-order chi connectivity index (χ0) is 10.7. The van der Waals surface area contributed by atoms with Gasteiger partial charge in [0.1, 0.15) is 0 Å². The van der Waals surface area contributed by atoms with Gasteiger partial charge in [-0.2, -0.15) is 0 Å². The summed E-state index contributed by atoms with van der Waals surface area (Å²) < 4.78 is 0. The minimum Gasteiger partial charge on any atom is -0.310 e. The highest BCUT2D eigenvalue weighted by molar-refractivity contribution is 6.31. The molecule has 2 heteroatoms. The van der Waals surface area contributed by atoms with Crippen LogP contribution >= 0.6 is 11.6 Å². The maximum Gasteiger partial charge on any atom is 0.0441 e. The van der Waals surface area contributed by atoms with E-state index in [1.165, 1.54) is 24.0 Å². The second-order valence-electron chi connectivity index (χ2n) is 4.21. The van der Waals surface area contributed by atoms with Crippen LogP contribution in [0.15, 0.2) is 18.2 Å². The lowest BCUT2D eigenvalue weighted by atomic mass is 9.96. The van der Waals surface area contributed by atoms with E-state index in [0.29, 0.717) is 6.04 Å². The molecule has 0 saturated carbocycles. The smallest absolute Gasteiger partial charge is 0.0441 e. The first-order valence-corrected chi connectivity index (χ1v) is 6.21. The van der Waals surface area contributed by atoms with Gasteiger partial charge < -0.3 is 5.32 Å². The normalized spacial score (nSPS) is 20.8. The summed E-state index contributed by atoms with van der Waals surface area (Å²) in [4.78, 5) is 0. The lowest BCUT2D eigenvalue weighted by Crippen LogP contribution is -2.14. The average Bonchev–Trinajstić information content (AvgIpc) is 2.74. The lowest BCUT2D eigenvalue weighted by molar-refractivity contribution is 0.638. The molecular formula is C13H18ClN. The Balaban J connectivity index is 2.31. The molecule has 0 aromatic heterocycles. The third kappa shape index (κ3) is 2.35. The van der Waals surface area contributed by atoms with Crippen LogP contribution in [-0.4, -0.2) is 6.54 Å². The number of hydrogen-bond acceptors (Lipinski definition) is 1. The zero-order valence-electron chi connectivity index (χ0n) is 9.22. The summed E-state index contributed by atoms with van der Waals surface area (Å²) in [7, 11) is 0. The minimum atomic E-state index is 0.533. The van der Waals surface area contributed by atoms with Crippen molar-refractivity contribution < 1.29 is 0 Å². The van der Waals surface area contributed by atoms with Crippen LogP contribution in [0.25, 0.3) is 0 Å². The third-order valence-electron chi connectivity index (χ3n) is 3.09. The Morgan fingerprint density at radius 1 is 1.47 bits per heavy atom. The van der Waals surface area contributed by atoms with Gasteiger partial charge >= 0.3 is 0 Å². The molecule has 1 atom stereocenters. The first-order valence-electron chi connectivity index (χ1n) is 5.83. The van der Waals surface area contributed by atoms with Crippen molar-refractivity contribution >= 4 is 11.6 Å². The van der Waals surface area contributed by atoms with Crippen LogP contribution in [0.1, 0.15) is 43.4 Å². The molecule has 1 aromatic rings. The average molecular weight is 224 g/mol. The van der Waals surface area contributed by atoms with Crippen LogP contribution in [0.3, 0.4) is 0 Å². The first-order chi connectivity index (χ1) is 7.33. The molecule has 1 aromatic carbocycles. The van der Waals surface area contributed by atoms with Crippen molar-refractivity contribution in [2.45, 2.75) is 38.6 Å². The van der Waals surface area contributed by atoms with Crippen LogP contribution in [0, 0.1) is 0 Å². The summed E-state index contributed by atoms with van der Waals surface area (Å²) in [6.45, 7) is 3.35.